The highest BCUT2D eigenvalue weighted by molar-refractivity contribution is 7.48. The van der Waals surface area contributed by atoms with Gasteiger partial charge in [0.1, 0.15) is 58.6 Å². The molecule has 4 aliphatic heterocycles. The Balaban J connectivity index is 0.000000258. The molecule has 4 atom stereocenters. The third-order valence-corrected chi connectivity index (χ3v) is 30.0. The predicted molar refractivity (Wildman–Crippen MR) is 552 cm³/mol. The summed E-state index contributed by atoms with van der Waals surface area (Å²) in [7, 11) is -6.12. The maximum absolute atomic E-state index is 14.3. The number of aliphatic hydroxyl groups is 1. The number of nitrogens with one attached hydrogen (secondary N) is 3. The second-order valence-electron chi connectivity index (χ2n) is 41.5. The average molecular weight is 2170 g/mol. The summed E-state index contributed by atoms with van der Waals surface area (Å²) in [6.07, 6.45) is -6.56. The fraction of sp³-hybridized carbons (Fsp3) is 0.491. The third kappa shape index (κ3) is 28.4. The van der Waals surface area contributed by atoms with Crippen LogP contribution in [0.5, 0.6) is 46.0 Å². The van der Waals surface area contributed by atoms with Crippen LogP contribution in [0.25, 0.3) is 26.4 Å². The van der Waals surface area contributed by atoms with Gasteiger partial charge >= 0.3 is 76.0 Å². The summed E-state index contributed by atoms with van der Waals surface area (Å²) < 4.78 is 176. The van der Waals surface area contributed by atoms with Crippen LogP contribution in [0.2, 0.25) is 10.0 Å². The van der Waals surface area contributed by atoms with E-state index in [2.05, 4.69) is 74.9 Å². The number of hydrogen-bond acceptors (Lipinski definition) is 26. The van der Waals surface area contributed by atoms with Crippen LogP contribution in [0.1, 0.15) is 275 Å². The van der Waals surface area contributed by atoms with Crippen molar-refractivity contribution in [2.45, 2.75) is 270 Å². The van der Waals surface area contributed by atoms with Crippen LogP contribution in [0.3, 0.4) is 0 Å². The highest BCUT2D eigenvalue weighted by Gasteiger charge is 2.60. The first-order valence-corrected chi connectivity index (χ1v) is 53.4. The first kappa shape index (κ1) is 120. The smallest absolute Gasteiger partial charge is 0.455 e. The van der Waals surface area contributed by atoms with Gasteiger partial charge in [-0.25, -0.2) is 25.5 Å². The maximum Gasteiger partial charge on any atom is 0.548 e. The molecule has 4 unspecified atom stereocenters. The Bertz CT molecular complexity index is 6430. The summed E-state index contributed by atoms with van der Waals surface area (Å²) >= 11 is 14.5. The van der Waals surface area contributed by atoms with Crippen LogP contribution < -0.4 is 55.0 Å². The first-order chi connectivity index (χ1) is 69.7. The van der Waals surface area contributed by atoms with Crippen LogP contribution in [-0.2, 0) is 94.6 Å². The van der Waals surface area contributed by atoms with Gasteiger partial charge in [-0.2, -0.15) is 26.3 Å². The zero-order chi connectivity index (χ0) is 110. The lowest BCUT2D eigenvalue weighted by Gasteiger charge is -2.45. The van der Waals surface area contributed by atoms with E-state index in [0.29, 0.717) is 89.4 Å². The van der Waals surface area contributed by atoms with Crippen LogP contribution >= 0.6 is 47.7 Å². The van der Waals surface area contributed by atoms with Crippen molar-refractivity contribution in [3.8, 4) is 46.0 Å². The second kappa shape index (κ2) is 49.9. The molecule has 0 aliphatic carbocycles. The summed E-state index contributed by atoms with van der Waals surface area (Å²) in [5.41, 5.74) is -5.60. The van der Waals surface area contributed by atoms with Crippen molar-refractivity contribution in [3.63, 3.8) is 0 Å². The van der Waals surface area contributed by atoms with Gasteiger partial charge in [0.25, 0.3) is 0 Å². The summed E-state index contributed by atoms with van der Waals surface area (Å²) in [6, 6.07) is 30.4. The van der Waals surface area contributed by atoms with Crippen LogP contribution in [0.4, 0.5) is 26.3 Å². The predicted octanol–water partition coefficient (Wildman–Crippen LogP) is 23.1. The fourth-order valence-corrected chi connectivity index (χ4v) is 21.4. The molecule has 0 aromatic heterocycles. The van der Waals surface area contributed by atoms with E-state index in [1.807, 2.05) is 0 Å². The minimum absolute atomic E-state index is 0.0120. The number of rotatable bonds is 39. The molecule has 0 saturated carbocycles. The Labute approximate surface area is 876 Å². The zero-order valence-corrected chi connectivity index (χ0v) is 91.6. The second-order valence-corrected chi connectivity index (χ2v) is 46.5. The Kier molecular flexibility index (Phi) is 40.1. The number of alkyl halides is 6. The van der Waals surface area contributed by atoms with Gasteiger partial charge in [-0.1, -0.05) is 84.6 Å². The number of nitrogens with zero attached hydrogens (tertiary/aromatic N) is 3. The minimum atomic E-state index is -5.03. The Morgan fingerprint density at radius 3 is 1.18 bits per heavy atom. The van der Waals surface area contributed by atoms with E-state index in [4.69, 9.17) is 86.3 Å². The van der Waals surface area contributed by atoms with Crippen molar-refractivity contribution in [2.24, 2.45) is 21.7 Å². The normalized spacial score (nSPS) is 15.3. The summed E-state index contributed by atoms with van der Waals surface area (Å²) in [5, 5.41) is 17.2. The Morgan fingerprint density at radius 1 is 0.470 bits per heavy atom. The van der Waals surface area contributed by atoms with Gasteiger partial charge in [-0.3, -0.25) is 33.6 Å². The number of ether oxygens (including phenoxy) is 8. The molecule has 0 saturated heterocycles. The van der Waals surface area contributed by atoms with Crippen molar-refractivity contribution in [1.82, 2.24) is 25.3 Å². The molecule has 41 heteroatoms. The van der Waals surface area contributed by atoms with E-state index >= 15 is 0 Å². The summed E-state index contributed by atoms with van der Waals surface area (Å²) in [4.78, 5) is 133. The van der Waals surface area contributed by atoms with Gasteiger partial charge in [0.15, 0.2) is 42.7 Å². The Morgan fingerprint density at radius 2 is 0.826 bits per heavy atom. The summed E-state index contributed by atoms with van der Waals surface area (Å²) in [5.74, 6) is -8.59. The number of aryl methyl sites for hydroxylation is 2. The van der Waals surface area contributed by atoms with Crippen molar-refractivity contribution in [2.75, 3.05) is 52.6 Å². The van der Waals surface area contributed by atoms with E-state index in [-0.39, 0.29) is 207 Å². The van der Waals surface area contributed by atoms with Crippen LogP contribution in [0, 0.1) is 28.2 Å². The van der Waals surface area contributed by atoms with Gasteiger partial charge in [0, 0.05) is 121 Å². The highest BCUT2D eigenvalue weighted by atomic mass is 35.5. The molecule has 4 N–H and O–H groups in total. The largest absolute Gasteiger partial charge is 0.548 e. The van der Waals surface area contributed by atoms with E-state index in [0.717, 1.165) is 12.8 Å². The molecule has 8 aromatic carbocycles. The number of carbonyl (C=O) groups excluding carboxylic acids is 10. The average Bonchev–Trinajstić information content (AvgIpc) is 1.57. The molecule has 0 radical (unpaired) electrons. The molecule has 4 aliphatic rings. The van der Waals surface area contributed by atoms with Crippen molar-refractivity contribution in [1.29, 1.82) is 0 Å². The zero-order valence-electron chi connectivity index (χ0n) is 87.4. The first-order valence-electron chi connectivity index (χ1n) is 49.1. The number of fused-ring (bicyclic) bond motifs is 16. The molecule has 30 nitrogen and oxygen atoms in total. The molecule has 8 aromatic rings. The number of ketones is 1. The lowest BCUT2D eigenvalue weighted by atomic mass is 9.75. The molecule has 2 spiro atoms. The highest BCUT2D eigenvalue weighted by Crippen LogP contribution is 2.65. The molecule has 4 heterocycles. The third-order valence-electron chi connectivity index (χ3n) is 24.0. The molecule has 3 amide bonds. The number of esters is 6. The summed E-state index contributed by atoms with van der Waals surface area (Å²) in [6.45, 7) is 46.7. The lowest BCUT2D eigenvalue weighted by molar-refractivity contribution is -0.173. The molecule has 149 heavy (non-hydrogen) atoms. The van der Waals surface area contributed by atoms with Crippen molar-refractivity contribution >= 4 is 139 Å². The monoisotopic (exact) mass is 2170 g/mol. The molecular formula is C108H129Cl2F6N6O24P3+2. The number of halogens is 8. The van der Waals surface area contributed by atoms with Gasteiger partial charge in [-0.05, 0) is 264 Å². The van der Waals surface area contributed by atoms with Crippen molar-refractivity contribution in [3.05, 3.63) is 186 Å². The maximum atomic E-state index is 14.3. The molecule has 804 valence electrons. The number of aliphatic hydroxyl groups excluding tert-OH is 1. The minimum Gasteiger partial charge on any atom is -0.455 e. The lowest BCUT2D eigenvalue weighted by Crippen LogP contribution is -2.43. The number of Topliss-reactive ketones (excluding diaryl/α,β-unsaturated/α-hetero) is 1. The van der Waals surface area contributed by atoms with Crippen LogP contribution in [-0.4, -0.2) is 163 Å². The van der Waals surface area contributed by atoms with E-state index in [9.17, 15) is 83.4 Å². The number of amides is 3. The SMILES string of the molecule is CC(=O)CCc1cc2c(c(Cl)c1OC(=O)C(C)(C)C)Oc1cc(OC(=O)C(C)(C)C)c3ccccc3c1C21OC(=O)c2ccc([P+](=O)OCCCCNC(=O)C(F)(F)F)cc21.CC(C)(C)C(=O)Oc1c(CCC(=O)NCCCCCCO)cc2c(c1Cl)Oc1cc(OC(=O)C(C)(C)C)c3ccccc3c1C21OC(=O)c2ccc([P+](=O)OCCCCNC(=O)C(F)(F)F)cc21.[C-]#[N+]CCOP(N(C(C)C)C(C)C)N(C(C)C)C(C)C. The topological polar surface area (TPSA) is 374 Å². The molecule has 12 rings (SSSR count). The number of benzene rings is 8. The number of unbranched alkanes of at least 4 members (excludes halogenated alkanes) is 5. The van der Waals surface area contributed by atoms with E-state index in [1.165, 1.54) is 55.5 Å². The van der Waals surface area contributed by atoms with Crippen molar-refractivity contribution < 1.29 is 140 Å². The quantitative estimate of drug-likeness (QED) is 0.00694. The van der Waals surface area contributed by atoms with E-state index in [1.54, 1.807) is 154 Å². The number of hydrogen-bond donors (Lipinski definition) is 4. The Hall–Kier alpha value is -11.2. The van der Waals surface area contributed by atoms with Crippen LogP contribution in [0.15, 0.2) is 109 Å². The van der Waals surface area contributed by atoms with Gasteiger partial charge in [-0.15, -0.1) is 9.05 Å². The van der Waals surface area contributed by atoms with E-state index < -0.39 is 117 Å². The van der Waals surface area contributed by atoms with Gasteiger partial charge in [0.2, 0.25) is 23.1 Å². The molecular weight excluding hydrogens is 2040 g/mol. The van der Waals surface area contributed by atoms with Gasteiger partial charge < -0.3 is 73.1 Å². The molecule has 0 bridgehead atoms. The van der Waals surface area contributed by atoms with Gasteiger partial charge in [0.05, 0.1) is 43.9 Å². The standard InChI is InChI=1S/C49H53ClF3N2O12P.C44H42ClF3NO11P.C15H32N3OP/c1-46(2,3)44(60)65-35-27-36-38(31-16-10-9-15-30(31)35)48(33-26-29(18-19-32(33)42(58)67-48)68(62)63-24-14-12-22-55-43(59)49(51,52)53)34-25-28(17-20-37(57)54-21-11-7-8-13-23-56)40(39(50)41(34)64-36)66-45(61)47(4,5)6;1-23(50)14-15-24-20-30-36(34(45)35(24)59-40(54)42(5,6)7)57-32-22-31(58-39(53)41(2,3)4)26-12-8-9-13-27(26)33(32)43(30)29-21-25(16-17-28(29)37(51)60-43)61(55)56-19-11-10-18-49-38(52)44(46,47)48;1-12(2)17(13(3)4)20(19-11-10-16-9)18(14(5)6)15(7)8/h9-10,15-16,18-19,25-27,56H,7-8,11-14,17,20-24H2,1-6H3,(H-,54,55,57,59);8-9,12-13,16-17,20-22H,10-11,14-15,18-19H2,1-7H3;12-15H,10-11H2,1-8H3/p+2. The number of carbonyl (C=O) groups is 10. The fourth-order valence-electron chi connectivity index (χ4n) is 16.7. The molecule has 0 fully saturated rings.